The lowest BCUT2D eigenvalue weighted by atomic mass is 9.92. The van der Waals surface area contributed by atoms with Gasteiger partial charge in [-0.15, -0.1) is 0 Å². The van der Waals surface area contributed by atoms with Crippen LogP contribution in [0.1, 0.15) is 26.5 Å². The van der Waals surface area contributed by atoms with Crippen molar-refractivity contribution in [2.24, 2.45) is 0 Å². The molecule has 1 nitrogen and oxygen atoms in total. The molecule has 0 spiro atoms. The fourth-order valence-corrected chi connectivity index (χ4v) is 1.87. The van der Waals surface area contributed by atoms with Gasteiger partial charge in [0.15, 0.2) is 0 Å². The van der Waals surface area contributed by atoms with E-state index in [4.69, 9.17) is 23.2 Å². The fourth-order valence-electron chi connectivity index (χ4n) is 1.53. The highest BCUT2D eigenvalue weighted by atomic mass is 35.5. The lowest BCUT2D eigenvalue weighted by molar-refractivity contribution is 0.574. The van der Waals surface area contributed by atoms with Crippen molar-refractivity contribution in [2.75, 3.05) is 0 Å². The molecule has 0 aliphatic rings. The molecule has 2 aromatic rings. The van der Waals surface area contributed by atoms with Crippen LogP contribution in [0.4, 0.5) is 0 Å². The van der Waals surface area contributed by atoms with E-state index in [1.54, 1.807) is 0 Å². The van der Waals surface area contributed by atoms with E-state index in [1.165, 1.54) is 5.69 Å². The molecule has 1 aromatic heterocycles. The smallest absolute Gasteiger partial charge is 0.0613 e. The van der Waals surface area contributed by atoms with Gasteiger partial charge in [0.1, 0.15) is 0 Å². The van der Waals surface area contributed by atoms with Gasteiger partial charge in [0, 0.05) is 22.0 Å². The lowest BCUT2D eigenvalue weighted by Gasteiger charge is -2.15. The van der Waals surface area contributed by atoms with Crippen LogP contribution in [0.5, 0.6) is 0 Å². The molecule has 0 saturated heterocycles. The average Bonchev–Trinajstić information content (AvgIpc) is 2.47. The minimum absolute atomic E-state index is 0.109. The number of aromatic nitrogens is 1. The van der Waals surface area contributed by atoms with Crippen molar-refractivity contribution in [3.63, 3.8) is 0 Å². The molecule has 2 rings (SSSR count). The summed E-state index contributed by atoms with van der Waals surface area (Å²) in [5.41, 5.74) is 2.34. The Kier molecular flexibility index (Phi) is 2.48. The van der Waals surface area contributed by atoms with Gasteiger partial charge in [-0.3, -0.25) is 0 Å². The van der Waals surface area contributed by atoms with Crippen molar-refractivity contribution in [3.8, 4) is 0 Å². The molecule has 0 saturated carbocycles. The largest absolute Gasteiger partial charge is 0.358 e. The predicted octanol–water partition coefficient (Wildman–Crippen LogP) is 4.77. The fraction of sp³-hybridized carbons (Fsp3) is 0.333. The van der Waals surface area contributed by atoms with Crippen molar-refractivity contribution in [1.29, 1.82) is 0 Å². The number of benzene rings is 1. The van der Waals surface area contributed by atoms with Crippen LogP contribution in [0.3, 0.4) is 0 Å². The third-order valence-electron chi connectivity index (χ3n) is 2.47. The first-order chi connectivity index (χ1) is 6.88. The van der Waals surface area contributed by atoms with E-state index in [1.807, 2.05) is 12.1 Å². The zero-order valence-electron chi connectivity index (χ0n) is 8.99. The summed E-state index contributed by atoms with van der Waals surface area (Å²) in [7, 11) is 0. The van der Waals surface area contributed by atoms with Crippen LogP contribution in [-0.2, 0) is 5.41 Å². The number of nitrogens with one attached hydrogen (secondary N) is 1. The molecule has 1 heterocycles. The number of hydrogen-bond donors (Lipinski definition) is 1. The SMILES string of the molecule is CC(C)(C)c1cc2cc(Cl)c(Cl)cc2[nH]1. The Balaban J connectivity index is 2.66. The Morgan fingerprint density at radius 2 is 1.60 bits per heavy atom. The second kappa shape index (κ2) is 3.43. The Hall–Kier alpha value is -0.660. The maximum atomic E-state index is 5.97. The quantitative estimate of drug-likeness (QED) is 0.684. The molecule has 0 bridgehead atoms. The zero-order valence-corrected chi connectivity index (χ0v) is 10.5. The van der Waals surface area contributed by atoms with E-state index in [9.17, 15) is 0 Å². The van der Waals surface area contributed by atoms with Crippen molar-refractivity contribution in [3.05, 3.63) is 33.9 Å². The molecule has 0 radical (unpaired) electrons. The highest BCUT2D eigenvalue weighted by Gasteiger charge is 2.16. The van der Waals surface area contributed by atoms with E-state index in [-0.39, 0.29) is 5.41 Å². The number of halogens is 2. The molecule has 3 heteroatoms. The highest BCUT2D eigenvalue weighted by molar-refractivity contribution is 6.42. The summed E-state index contributed by atoms with van der Waals surface area (Å²) < 4.78 is 0. The van der Waals surface area contributed by atoms with E-state index in [0.29, 0.717) is 10.0 Å². The molecule has 0 amide bonds. The molecule has 0 aliphatic carbocycles. The standard InChI is InChI=1S/C12H13Cl2N/c1-12(2,3)11-5-7-4-8(13)9(14)6-10(7)15-11/h4-6,15H,1-3H3. The van der Waals surface area contributed by atoms with E-state index in [2.05, 4.69) is 31.8 Å². The number of hydrogen-bond acceptors (Lipinski definition) is 0. The first kappa shape index (κ1) is 10.8. The average molecular weight is 242 g/mol. The van der Waals surface area contributed by atoms with Crippen LogP contribution in [0.2, 0.25) is 10.0 Å². The van der Waals surface area contributed by atoms with Crippen molar-refractivity contribution in [1.82, 2.24) is 4.98 Å². The highest BCUT2D eigenvalue weighted by Crippen LogP contribution is 2.31. The Morgan fingerprint density at radius 1 is 1.00 bits per heavy atom. The summed E-state index contributed by atoms with van der Waals surface area (Å²) in [6.07, 6.45) is 0. The Morgan fingerprint density at radius 3 is 2.20 bits per heavy atom. The number of aromatic amines is 1. The molecule has 0 fully saturated rings. The van der Waals surface area contributed by atoms with Crippen LogP contribution in [0, 0.1) is 0 Å². The molecule has 0 aliphatic heterocycles. The van der Waals surface area contributed by atoms with Crippen LogP contribution in [0.15, 0.2) is 18.2 Å². The van der Waals surface area contributed by atoms with Crippen molar-refractivity contribution >= 4 is 34.1 Å². The third kappa shape index (κ3) is 1.99. The van der Waals surface area contributed by atoms with Gasteiger partial charge in [0.2, 0.25) is 0 Å². The van der Waals surface area contributed by atoms with Gasteiger partial charge in [-0.1, -0.05) is 44.0 Å². The van der Waals surface area contributed by atoms with Gasteiger partial charge in [-0.2, -0.15) is 0 Å². The maximum absolute atomic E-state index is 5.97. The topological polar surface area (TPSA) is 15.8 Å². The maximum Gasteiger partial charge on any atom is 0.0613 e. The molecule has 1 aromatic carbocycles. The molecular formula is C12H13Cl2N. The van der Waals surface area contributed by atoms with Crippen LogP contribution >= 0.6 is 23.2 Å². The molecule has 0 atom stereocenters. The Labute approximate surface area is 99.4 Å². The van der Waals surface area contributed by atoms with Gasteiger partial charge in [0.05, 0.1) is 10.0 Å². The molecule has 80 valence electrons. The molecular weight excluding hydrogens is 229 g/mol. The predicted molar refractivity (Wildman–Crippen MR) is 67.0 cm³/mol. The van der Waals surface area contributed by atoms with Crippen LogP contribution in [-0.4, -0.2) is 4.98 Å². The summed E-state index contributed by atoms with van der Waals surface area (Å²) in [5, 5.41) is 2.30. The number of fused-ring (bicyclic) bond motifs is 1. The second-order valence-electron chi connectivity index (χ2n) is 4.79. The van der Waals surface area contributed by atoms with E-state index >= 15 is 0 Å². The van der Waals surface area contributed by atoms with Gasteiger partial charge in [-0.05, 0) is 18.2 Å². The van der Waals surface area contributed by atoms with Gasteiger partial charge >= 0.3 is 0 Å². The van der Waals surface area contributed by atoms with Gasteiger partial charge < -0.3 is 4.98 Å². The van der Waals surface area contributed by atoms with Gasteiger partial charge in [0.25, 0.3) is 0 Å². The number of H-pyrrole nitrogens is 1. The third-order valence-corrected chi connectivity index (χ3v) is 3.19. The monoisotopic (exact) mass is 241 g/mol. The normalized spacial score (nSPS) is 12.3. The summed E-state index contributed by atoms with van der Waals surface area (Å²) in [4.78, 5) is 3.36. The first-order valence-corrected chi connectivity index (χ1v) is 5.62. The minimum atomic E-state index is 0.109. The number of rotatable bonds is 0. The zero-order chi connectivity index (χ0) is 11.2. The second-order valence-corrected chi connectivity index (χ2v) is 5.60. The molecule has 15 heavy (non-hydrogen) atoms. The van der Waals surface area contributed by atoms with E-state index < -0.39 is 0 Å². The first-order valence-electron chi connectivity index (χ1n) is 4.86. The summed E-state index contributed by atoms with van der Waals surface area (Å²) >= 11 is 11.9. The van der Waals surface area contributed by atoms with Crippen molar-refractivity contribution < 1.29 is 0 Å². The summed E-state index contributed by atoms with van der Waals surface area (Å²) in [6.45, 7) is 6.50. The molecule has 0 unspecified atom stereocenters. The Bertz CT molecular complexity index is 467. The lowest BCUT2D eigenvalue weighted by Crippen LogP contribution is -2.10. The van der Waals surface area contributed by atoms with Crippen molar-refractivity contribution in [2.45, 2.75) is 26.2 Å². The molecule has 1 N–H and O–H groups in total. The van der Waals surface area contributed by atoms with E-state index in [0.717, 1.165) is 10.9 Å². The van der Waals surface area contributed by atoms with Crippen LogP contribution < -0.4 is 0 Å². The summed E-state index contributed by atoms with van der Waals surface area (Å²) in [6, 6.07) is 5.89. The summed E-state index contributed by atoms with van der Waals surface area (Å²) in [5.74, 6) is 0. The minimum Gasteiger partial charge on any atom is -0.358 e. The van der Waals surface area contributed by atoms with Crippen LogP contribution in [0.25, 0.3) is 10.9 Å². The van der Waals surface area contributed by atoms with Gasteiger partial charge in [-0.25, -0.2) is 0 Å².